The van der Waals surface area contributed by atoms with Gasteiger partial charge in [-0.2, -0.15) is 0 Å². The first-order valence-electron chi connectivity index (χ1n) is 3.37. The summed E-state index contributed by atoms with van der Waals surface area (Å²) in [6.45, 7) is 5.74. The molecule has 0 N–H and O–H groups in total. The third-order valence-corrected chi connectivity index (χ3v) is 1.37. The molecule has 0 amide bonds. The highest BCUT2D eigenvalue weighted by Crippen LogP contribution is 2.30. The highest BCUT2D eigenvalue weighted by atomic mass is 16.6. The Morgan fingerprint density at radius 1 is 1.78 bits per heavy atom. The number of hydrogen-bond donors (Lipinski definition) is 0. The normalized spacial score (nSPS) is 27.7. The van der Waals surface area contributed by atoms with Crippen LogP contribution >= 0.6 is 0 Å². The van der Waals surface area contributed by atoms with E-state index in [9.17, 15) is 0 Å². The molecule has 0 spiro atoms. The molecular formula is C8H12O. The number of epoxide rings is 1. The summed E-state index contributed by atoms with van der Waals surface area (Å²) in [6.07, 6.45) is 6.47. The maximum Gasteiger partial charge on any atom is 0.155 e. The summed E-state index contributed by atoms with van der Waals surface area (Å²) in [7, 11) is 0. The van der Waals surface area contributed by atoms with Gasteiger partial charge in [0.1, 0.15) is 5.76 Å². The van der Waals surface area contributed by atoms with Crippen molar-refractivity contribution in [1.82, 2.24) is 0 Å². The molecule has 1 aliphatic rings. The number of rotatable bonds is 3. The predicted molar refractivity (Wildman–Crippen MR) is 38.1 cm³/mol. The molecule has 1 unspecified atom stereocenters. The van der Waals surface area contributed by atoms with Crippen molar-refractivity contribution in [3.05, 3.63) is 24.5 Å². The van der Waals surface area contributed by atoms with E-state index in [2.05, 4.69) is 13.5 Å². The standard InChI is InChI=1S/C8H12O/c1-3-5-7-8(9-7)6-4-2/h3,5,8H,1,4,6H2,2H3. The second-order valence-corrected chi connectivity index (χ2v) is 2.20. The lowest BCUT2D eigenvalue weighted by molar-refractivity contribution is 0.410. The fourth-order valence-corrected chi connectivity index (χ4v) is 0.856. The van der Waals surface area contributed by atoms with Crippen LogP contribution in [0.3, 0.4) is 0 Å². The number of hydrogen-bond acceptors (Lipinski definition) is 1. The van der Waals surface area contributed by atoms with E-state index in [1.807, 2.05) is 6.08 Å². The molecule has 1 rings (SSSR count). The van der Waals surface area contributed by atoms with Crippen LogP contribution in [-0.2, 0) is 4.74 Å². The molecule has 0 aromatic rings. The third kappa shape index (κ3) is 1.60. The average Bonchev–Trinajstić information content (AvgIpc) is 2.50. The first-order chi connectivity index (χ1) is 4.38. The van der Waals surface area contributed by atoms with Crippen molar-refractivity contribution in [2.45, 2.75) is 25.9 Å². The van der Waals surface area contributed by atoms with Gasteiger partial charge in [-0.25, -0.2) is 0 Å². The van der Waals surface area contributed by atoms with Crippen molar-refractivity contribution in [3.8, 4) is 0 Å². The molecule has 0 radical (unpaired) electrons. The van der Waals surface area contributed by atoms with Crippen molar-refractivity contribution >= 4 is 0 Å². The van der Waals surface area contributed by atoms with E-state index in [1.165, 1.54) is 6.42 Å². The van der Waals surface area contributed by atoms with Crippen LogP contribution in [0.1, 0.15) is 19.8 Å². The molecule has 1 heterocycles. The van der Waals surface area contributed by atoms with Crippen molar-refractivity contribution in [1.29, 1.82) is 0 Å². The van der Waals surface area contributed by atoms with Crippen molar-refractivity contribution in [2.75, 3.05) is 0 Å². The SMILES string of the molecule is C=CC=C1OC1CCC. The maximum absolute atomic E-state index is 5.19. The fraction of sp³-hybridized carbons (Fsp3) is 0.500. The van der Waals surface area contributed by atoms with Crippen LogP contribution in [0.15, 0.2) is 24.5 Å². The highest BCUT2D eigenvalue weighted by molar-refractivity contribution is 5.18. The second-order valence-electron chi connectivity index (χ2n) is 2.20. The van der Waals surface area contributed by atoms with Gasteiger partial charge in [-0.15, -0.1) is 0 Å². The van der Waals surface area contributed by atoms with Gasteiger partial charge >= 0.3 is 0 Å². The Kier molecular flexibility index (Phi) is 1.93. The van der Waals surface area contributed by atoms with Gasteiger partial charge in [0.15, 0.2) is 6.10 Å². The van der Waals surface area contributed by atoms with E-state index >= 15 is 0 Å². The zero-order valence-electron chi connectivity index (χ0n) is 5.76. The summed E-state index contributed by atoms with van der Waals surface area (Å²) in [5.74, 6) is 1.10. The van der Waals surface area contributed by atoms with Gasteiger partial charge in [0, 0.05) is 0 Å². The molecule has 9 heavy (non-hydrogen) atoms. The zero-order chi connectivity index (χ0) is 6.69. The van der Waals surface area contributed by atoms with Gasteiger partial charge in [0.25, 0.3) is 0 Å². The topological polar surface area (TPSA) is 12.5 Å². The van der Waals surface area contributed by atoms with Crippen LogP contribution in [0.4, 0.5) is 0 Å². The predicted octanol–water partition coefficient (Wildman–Crippen LogP) is 2.26. The average molecular weight is 124 g/mol. The molecule has 1 nitrogen and oxygen atoms in total. The van der Waals surface area contributed by atoms with E-state index < -0.39 is 0 Å². The Hall–Kier alpha value is -0.720. The lowest BCUT2D eigenvalue weighted by atomic mass is 10.2. The molecule has 1 fully saturated rings. The Balaban J connectivity index is 2.23. The monoisotopic (exact) mass is 124 g/mol. The minimum absolute atomic E-state index is 0.424. The molecule has 1 saturated heterocycles. The van der Waals surface area contributed by atoms with E-state index in [-0.39, 0.29) is 0 Å². The summed E-state index contributed by atoms with van der Waals surface area (Å²) >= 11 is 0. The molecule has 0 saturated carbocycles. The van der Waals surface area contributed by atoms with Gasteiger partial charge in [-0.1, -0.05) is 26.0 Å². The Morgan fingerprint density at radius 2 is 2.56 bits per heavy atom. The molecule has 1 atom stereocenters. The lowest BCUT2D eigenvalue weighted by Gasteiger charge is -1.79. The first-order valence-corrected chi connectivity index (χ1v) is 3.37. The molecule has 0 aromatic carbocycles. The van der Waals surface area contributed by atoms with E-state index in [0.717, 1.165) is 12.2 Å². The van der Waals surface area contributed by atoms with E-state index in [1.54, 1.807) is 6.08 Å². The minimum atomic E-state index is 0.424. The third-order valence-electron chi connectivity index (χ3n) is 1.37. The zero-order valence-corrected chi connectivity index (χ0v) is 5.76. The molecule has 1 aliphatic heterocycles. The van der Waals surface area contributed by atoms with Gasteiger partial charge in [0.2, 0.25) is 0 Å². The van der Waals surface area contributed by atoms with Crippen LogP contribution in [0.5, 0.6) is 0 Å². The van der Waals surface area contributed by atoms with Crippen LogP contribution in [-0.4, -0.2) is 6.10 Å². The maximum atomic E-state index is 5.19. The summed E-state index contributed by atoms with van der Waals surface area (Å²) in [5, 5.41) is 0. The summed E-state index contributed by atoms with van der Waals surface area (Å²) in [5.41, 5.74) is 0. The lowest BCUT2D eigenvalue weighted by Crippen LogP contribution is -1.78. The van der Waals surface area contributed by atoms with Crippen LogP contribution < -0.4 is 0 Å². The molecule has 50 valence electrons. The molecule has 0 aromatic heterocycles. The number of allylic oxidation sites excluding steroid dienone is 2. The Bertz CT molecular complexity index is 136. The molecular weight excluding hydrogens is 112 g/mol. The van der Waals surface area contributed by atoms with Gasteiger partial charge in [-0.3, -0.25) is 0 Å². The molecule has 1 heteroatoms. The second kappa shape index (κ2) is 2.72. The van der Waals surface area contributed by atoms with Gasteiger partial charge in [-0.05, 0) is 12.5 Å². The van der Waals surface area contributed by atoms with Crippen LogP contribution in [0, 0.1) is 0 Å². The molecule has 0 aliphatic carbocycles. The van der Waals surface area contributed by atoms with Crippen molar-refractivity contribution in [2.24, 2.45) is 0 Å². The van der Waals surface area contributed by atoms with Crippen LogP contribution in [0.2, 0.25) is 0 Å². The van der Waals surface area contributed by atoms with Crippen molar-refractivity contribution < 1.29 is 4.74 Å². The van der Waals surface area contributed by atoms with Gasteiger partial charge < -0.3 is 4.74 Å². The van der Waals surface area contributed by atoms with E-state index in [4.69, 9.17) is 4.74 Å². The largest absolute Gasteiger partial charge is 0.483 e. The minimum Gasteiger partial charge on any atom is -0.483 e. The number of ether oxygens (including phenoxy) is 1. The Morgan fingerprint density at radius 3 is 3.11 bits per heavy atom. The molecule has 0 bridgehead atoms. The quantitative estimate of drug-likeness (QED) is 0.526. The fourth-order valence-electron chi connectivity index (χ4n) is 0.856. The van der Waals surface area contributed by atoms with Gasteiger partial charge in [0.05, 0.1) is 0 Å². The highest BCUT2D eigenvalue weighted by Gasteiger charge is 2.29. The summed E-state index contributed by atoms with van der Waals surface area (Å²) in [6, 6.07) is 0. The smallest absolute Gasteiger partial charge is 0.155 e. The summed E-state index contributed by atoms with van der Waals surface area (Å²) < 4.78 is 5.19. The first kappa shape index (κ1) is 6.40. The van der Waals surface area contributed by atoms with Crippen LogP contribution in [0.25, 0.3) is 0 Å². The Labute approximate surface area is 56.0 Å². The summed E-state index contributed by atoms with van der Waals surface area (Å²) in [4.78, 5) is 0. The van der Waals surface area contributed by atoms with E-state index in [0.29, 0.717) is 6.10 Å². The van der Waals surface area contributed by atoms with Crippen molar-refractivity contribution in [3.63, 3.8) is 0 Å².